The van der Waals surface area contributed by atoms with Gasteiger partial charge in [-0.15, -0.1) is 0 Å². The summed E-state index contributed by atoms with van der Waals surface area (Å²) in [5.41, 5.74) is 18.6. The lowest BCUT2D eigenvalue weighted by molar-refractivity contribution is 0.793. The second-order valence-corrected chi connectivity index (χ2v) is 15.3. The van der Waals surface area contributed by atoms with E-state index in [9.17, 15) is 0 Å². The van der Waals surface area contributed by atoms with E-state index in [0.29, 0.717) is 0 Å². The monoisotopic (exact) mass is 695 g/mol. The molecule has 0 saturated carbocycles. The summed E-state index contributed by atoms with van der Waals surface area (Å²) in [7, 11) is 1.98. The Bertz CT molecular complexity index is 2810. The lowest BCUT2D eigenvalue weighted by Crippen LogP contribution is -2.27. The fourth-order valence-electron chi connectivity index (χ4n) is 9.45. The summed E-state index contributed by atoms with van der Waals surface area (Å²) in [5, 5.41) is 3.85. The molecule has 1 heterocycles. The Hall–Kier alpha value is -6.21. The molecular formula is C50H36N2P+. The van der Waals surface area contributed by atoms with Crippen LogP contribution in [0.4, 0.5) is 17.1 Å². The fraction of sp³-hybridized carbons (Fsp3) is 0.0400. The van der Waals surface area contributed by atoms with Crippen molar-refractivity contribution < 1.29 is 0 Å². The number of hydrogen-bond acceptors (Lipinski definition) is 1. The number of aryl methyl sites for hydroxylation is 1. The number of anilines is 3. The van der Waals surface area contributed by atoms with Gasteiger partial charge in [0.2, 0.25) is 0 Å². The van der Waals surface area contributed by atoms with Crippen molar-refractivity contribution in [2.45, 2.75) is 12.3 Å². The number of para-hydroxylation sites is 3. The van der Waals surface area contributed by atoms with Gasteiger partial charge in [0.1, 0.15) is 0 Å². The molecule has 0 N–H and O–H groups in total. The number of hydrogen-bond donors (Lipinski definition) is 0. The molecule has 0 radical (unpaired) electrons. The van der Waals surface area contributed by atoms with Gasteiger partial charge in [0, 0.05) is 42.8 Å². The molecule has 2 atom stereocenters. The Morgan fingerprint density at radius 2 is 0.962 bits per heavy atom. The van der Waals surface area contributed by atoms with Gasteiger partial charge in [-0.05, 0) is 124 Å². The van der Waals surface area contributed by atoms with Gasteiger partial charge in [-0.2, -0.15) is 0 Å². The third-order valence-electron chi connectivity index (χ3n) is 11.6. The molecule has 2 aliphatic carbocycles. The van der Waals surface area contributed by atoms with Crippen molar-refractivity contribution in [2.24, 2.45) is 0 Å². The maximum atomic E-state index is 2.48. The van der Waals surface area contributed by atoms with E-state index in [4.69, 9.17) is 0 Å². The van der Waals surface area contributed by atoms with Crippen LogP contribution in [-0.2, 0) is 5.41 Å². The van der Waals surface area contributed by atoms with Gasteiger partial charge in [-0.3, -0.25) is 0 Å². The molecule has 2 aliphatic rings. The molecule has 8 aromatic carbocycles. The highest BCUT2D eigenvalue weighted by molar-refractivity contribution is 7.27. The van der Waals surface area contributed by atoms with Crippen molar-refractivity contribution in [1.82, 2.24) is 4.57 Å². The predicted octanol–water partition coefficient (Wildman–Crippen LogP) is 12.1. The lowest BCUT2D eigenvalue weighted by atomic mass is 9.70. The summed E-state index contributed by atoms with van der Waals surface area (Å²) in [6.07, 6.45) is 0. The van der Waals surface area contributed by atoms with Crippen molar-refractivity contribution in [3.63, 3.8) is 0 Å². The highest BCUT2D eigenvalue weighted by Gasteiger charge is 2.52. The van der Waals surface area contributed by atoms with Crippen LogP contribution in [-0.4, -0.2) is 4.57 Å². The average Bonchev–Trinajstić information content (AvgIpc) is 3.80. The highest BCUT2D eigenvalue weighted by atomic mass is 31.0. The quantitative estimate of drug-likeness (QED) is 0.166. The Labute approximate surface area is 311 Å². The van der Waals surface area contributed by atoms with Crippen LogP contribution in [0.5, 0.6) is 0 Å². The summed E-state index contributed by atoms with van der Waals surface area (Å²) in [4.78, 5) is 2.41. The summed E-state index contributed by atoms with van der Waals surface area (Å²) >= 11 is 0. The van der Waals surface area contributed by atoms with Gasteiger partial charge < -0.3 is 9.47 Å². The third kappa shape index (κ3) is 4.25. The Morgan fingerprint density at radius 1 is 0.434 bits per heavy atom. The smallest absolute Gasteiger partial charge is 0.0868 e. The summed E-state index contributed by atoms with van der Waals surface area (Å²) in [5.74, 6) is 0. The van der Waals surface area contributed by atoms with Crippen molar-refractivity contribution in [3.05, 3.63) is 210 Å². The molecule has 0 amide bonds. The number of aromatic nitrogens is 1. The molecule has 2 unspecified atom stereocenters. The van der Waals surface area contributed by atoms with E-state index < -0.39 is 5.41 Å². The van der Waals surface area contributed by atoms with E-state index in [2.05, 4.69) is 198 Å². The molecule has 0 saturated heterocycles. The second-order valence-electron chi connectivity index (χ2n) is 14.5. The summed E-state index contributed by atoms with van der Waals surface area (Å²) < 4.78 is 2.39. The minimum absolute atomic E-state index is 0.405. The van der Waals surface area contributed by atoms with Crippen LogP contribution >= 0.6 is 9.24 Å². The van der Waals surface area contributed by atoms with Crippen LogP contribution in [0.15, 0.2) is 182 Å². The van der Waals surface area contributed by atoms with Crippen molar-refractivity contribution in [3.8, 4) is 27.9 Å². The summed E-state index contributed by atoms with van der Waals surface area (Å²) in [6, 6.07) is 67.7. The molecule has 0 bridgehead atoms. The SMILES string of the molecule is Cc1ccc2c(c1)C1(c3ccccc3-c3ccc(N(c4ccccc4)c4ccc(-n5c6ccccc6c6ccccc65)cc4)cc31)c1cc([PH3+])ccc1-2. The first-order valence-corrected chi connectivity index (χ1v) is 19.1. The molecule has 2 nitrogen and oxygen atoms in total. The number of rotatable bonds is 4. The maximum Gasteiger partial charge on any atom is 0.0868 e. The second kappa shape index (κ2) is 11.4. The van der Waals surface area contributed by atoms with Crippen LogP contribution in [0.3, 0.4) is 0 Å². The fourth-order valence-corrected chi connectivity index (χ4v) is 9.77. The van der Waals surface area contributed by atoms with E-state index in [-0.39, 0.29) is 0 Å². The zero-order valence-corrected chi connectivity index (χ0v) is 30.8. The lowest BCUT2D eigenvalue weighted by Gasteiger charge is -2.32. The molecular weight excluding hydrogens is 660 g/mol. The van der Waals surface area contributed by atoms with Crippen LogP contribution in [0.2, 0.25) is 0 Å². The average molecular weight is 696 g/mol. The molecule has 0 fully saturated rings. The topological polar surface area (TPSA) is 8.17 Å². The van der Waals surface area contributed by atoms with E-state index in [1.807, 2.05) is 9.24 Å². The zero-order chi connectivity index (χ0) is 35.3. The van der Waals surface area contributed by atoms with Crippen LogP contribution < -0.4 is 10.2 Å². The van der Waals surface area contributed by atoms with E-state index in [1.54, 1.807) is 0 Å². The van der Waals surface area contributed by atoms with Gasteiger partial charge >= 0.3 is 0 Å². The molecule has 11 rings (SSSR count). The van der Waals surface area contributed by atoms with Crippen LogP contribution in [0.1, 0.15) is 27.8 Å². The minimum atomic E-state index is -0.405. The number of nitrogens with zero attached hydrogens (tertiary/aromatic N) is 2. The predicted molar refractivity (Wildman–Crippen MR) is 227 cm³/mol. The van der Waals surface area contributed by atoms with Gasteiger partial charge in [-0.25, -0.2) is 0 Å². The normalized spacial score (nSPS) is 15.1. The van der Waals surface area contributed by atoms with Gasteiger partial charge in [0.15, 0.2) is 0 Å². The van der Waals surface area contributed by atoms with Gasteiger partial charge in [0.05, 0.1) is 21.8 Å². The molecule has 1 aromatic heterocycles. The van der Waals surface area contributed by atoms with Crippen LogP contribution in [0.25, 0.3) is 49.7 Å². The van der Waals surface area contributed by atoms with Gasteiger partial charge in [0.25, 0.3) is 0 Å². The van der Waals surface area contributed by atoms with Crippen molar-refractivity contribution in [2.75, 3.05) is 4.90 Å². The Morgan fingerprint density at radius 3 is 1.70 bits per heavy atom. The largest absolute Gasteiger partial charge is 0.310 e. The summed E-state index contributed by atoms with van der Waals surface area (Å²) in [6.45, 7) is 2.22. The van der Waals surface area contributed by atoms with Crippen molar-refractivity contribution >= 4 is 53.4 Å². The third-order valence-corrected chi connectivity index (χ3v) is 12.0. The van der Waals surface area contributed by atoms with Gasteiger partial charge in [-0.1, -0.05) is 115 Å². The minimum Gasteiger partial charge on any atom is -0.310 e. The molecule has 9 aromatic rings. The number of fused-ring (bicyclic) bond motifs is 13. The highest BCUT2D eigenvalue weighted by Crippen LogP contribution is 2.63. The standard InChI is InChI=1S/C50H35N2P/c1-32-19-26-39-41-28-25-37(53)31-47(41)50(45(39)29-32)44-16-8-5-13-38(44)40-27-24-36(30-46(40)50)51(33-11-3-2-4-12-33)34-20-22-35(23-21-34)52-48-17-9-6-14-42(48)43-15-7-10-18-49(43)52/h2-31H,53H2,1H3/p+1. The van der Waals surface area contributed by atoms with Crippen LogP contribution in [0, 0.1) is 6.92 Å². The van der Waals surface area contributed by atoms with E-state index in [1.165, 1.54) is 77.2 Å². The first-order valence-electron chi connectivity index (χ1n) is 18.4. The molecule has 1 spiro atoms. The molecule has 53 heavy (non-hydrogen) atoms. The number of benzene rings is 8. The zero-order valence-electron chi connectivity index (χ0n) is 29.4. The maximum absolute atomic E-state index is 2.48. The first kappa shape index (κ1) is 30.4. The Balaban J connectivity index is 1.13. The molecule has 250 valence electrons. The van der Waals surface area contributed by atoms with E-state index >= 15 is 0 Å². The Kier molecular flexibility index (Phi) is 6.54. The molecule has 3 heteroatoms. The van der Waals surface area contributed by atoms with E-state index in [0.717, 1.165) is 22.7 Å². The van der Waals surface area contributed by atoms with Crippen molar-refractivity contribution in [1.29, 1.82) is 0 Å². The molecule has 0 aliphatic heterocycles. The first-order chi connectivity index (χ1) is 26.1.